The number of carbonyl (C=O) groups excluding carboxylic acids is 1. The molecule has 2 aliphatic rings. The highest BCUT2D eigenvalue weighted by Gasteiger charge is 2.33. The summed E-state index contributed by atoms with van der Waals surface area (Å²) in [5.74, 6) is 2.34. The molecule has 1 unspecified atom stereocenters. The molecule has 28 heavy (non-hydrogen) atoms. The summed E-state index contributed by atoms with van der Waals surface area (Å²) in [6.45, 7) is 4.74. The first-order valence-electron chi connectivity index (χ1n) is 9.88. The zero-order valence-corrected chi connectivity index (χ0v) is 17.0. The normalized spacial score (nSPS) is 16.8. The van der Waals surface area contributed by atoms with Crippen molar-refractivity contribution in [2.75, 3.05) is 24.5 Å². The van der Waals surface area contributed by atoms with Gasteiger partial charge in [0.25, 0.3) is 5.91 Å². The van der Waals surface area contributed by atoms with Crippen molar-refractivity contribution in [1.82, 2.24) is 10.2 Å². The third-order valence-corrected chi connectivity index (χ3v) is 6.53. The summed E-state index contributed by atoms with van der Waals surface area (Å²) < 4.78 is 0. The number of fused-ring (bicyclic) bond motifs is 2. The predicted molar refractivity (Wildman–Crippen MR) is 115 cm³/mol. The maximum atomic E-state index is 12.5. The number of anilines is 2. The van der Waals surface area contributed by atoms with E-state index in [9.17, 15) is 4.79 Å². The second kappa shape index (κ2) is 8.30. The Morgan fingerprint density at radius 3 is 2.68 bits per heavy atom. The standard InChI is InChI=1S/C23H25N3OS/c1-3-13-24-23(27)17-11-12-21-19(16-17)26(18-9-5-6-10-20(18)28-21)22(4-2)25-14-7-8-15-25/h1,5-6,9-12,16,22H,4,7-8,13-15H2,2H3,(H,24,27). The number of hydrogen-bond donors (Lipinski definition) is 1. The average molecular weight is 392 g/mol. The Hall–Kier alpha value is -2.42. The van der Waals surface area contributed by atoms with Crippen molar-refractivity contribution in [3.05, 3.63) is 48.0 Å². The Balaban J connectivity index is 1.78. The van der Waals surface area contributed by atoms with Gasteiger partial charge in [0.2, 0.25) is 0 Å². The molecule has 1 N–H and O–H groups in total. The van der Waals surface area contributed by atoms with Gasteiger partial charge in [-0.1, -0.05) is 36.7 Å². The molecule has 1 saturated heterocycles. The SMILES string of the molecule is C#CCNC(=O)c1ccc2c(c1)N(C(CC)N1CCCC1)c1ccccc1S2. The number of rotatable bonds is 5. The fraction of sp³-hybridized carbons (Fsp3) is 0.348. The van der Waals surface area contributed by atoms with Crippen molar-refractivity contribution in [2.24, 2.45) is 0 Å². The molecule has 1 amide bonds. The lowest BCUT2D eigenvalue weighted by atomic mass is 10.1. The number of hydrogen-bond acceptors (Lipinski definition) is 4. The molecule has 0 bridgehead atoms. The summed E-state index contributed by atoms with van der Waals surface area (Å²) in [5.41, 5.74) is 2.98. The lowest BCUT2D eigenvalue weighted by Gasteiger charge is -2.42. The summed E-state index contributed by atoms with van der Waals surface area (Å²) in [7, 11) is 0. The Kier molecular flexibility index (Phi) is 5.61. The summed E-state index contributed by atoms with van der Waals surface area (Å²) >= 11 is 1.77. The largest absolute Gasteiger partial charge is 0.341 e. The van der Waals surface area contributed by atoms with Crippen LogP contribution in [0.3, 0.4) is 0 Å². The zero-order chi connectivity index (χ0) is 19.5. The van der Waals surface area contributed by atoms with Crippen molar-refractivity contribution in [3.8, 4) is 12.3 Å². The summed E-state index contributed by atoms with van der Waals surface area (Å²) in [6, 6.07) is 14.5. The number of likely N-dealkylation sites (tertiary alicyclic amines) is 1. The van der Waals surface area contributed by atoms with Crippen molar-refractivity contribution < 1.29 is 4.79 Å². The topological polar surface area (TPSA) is 35.6 Å². The number of carbonyl (C=O) groups is 1. The second-order valence-corrected chi connectivity index (χ2v) is 8.22. The van der Waals surface area contributed by atoms with Crippen LogP contribution in [0.1, 0.15) is 36.5 Å². The van der Waals surface area contributed by atoms with E-state index in [4.69, 9.17) is 6.42 Å². The zero-order valence-electron chi connectivity index (χ0n) is 16.1. The molecule has 144 valence electrons. The van der Waals surface area contributed by atoms with Gasteiger partial charge in [-0.25, -0.2) is 0 Å². The molecule has 0 radical (unpaired) electrons. The van der Waals surface area contributed by atoms with Crippen LogP contribution in [0.4, 0.5) is 11.4 Å². The number of benzene rings is 2. The molecule has 4 rings (SSSR count). The van der Waals surface area contributed by atoms with Gasteiger partial charge in [-0.05, 0) is 49.6 Å². The lowest BCUT2D eigenvalue weighted by Crippen LogP contribution is -2.45. The molecule has 0 spiro atoms. The molecule has 0 aliphatic carbocycles. The Labute approximate surface area is 171 Å². The molecular weight excluding hydrogens is 366 g/mol. The van der Waals surface area contributed by atoms with Crippen LogP contribution in [0.15, 0.2) is 52.3 Å². The monoisotopic (exact) mass is 391 g/mol. The molecule has 0 aromatic heterocycles. The van der Waals surface area contributed by atoms with Gasteiger partial charge in [-0.3, -0.25) is 9.69 Å². The molecular formula is C23H25N3OS. The predicted octanol–water partition coefficient (Wildman–Crippen LogP) is 4.48. The van der Waals surface area contributed by atoms with Gasteiger partial charge in [-0.15, -0.1) is 6.42 Å². The molecule has 0 saturated carbocycles. The lowest BCUT2D eigenvalue weighted by molar-refractivity contribution is 0.0958. The van der Waals surface area contributed by atoms with Gasteiger partial charge in [0, 0.05) is 28.4 Å². The van der Waals surface area contributed by atoms with Crippen LogP contribution >= 0.6 is 11.8 Å². The molecule has 4 nitrogen and oxygen atoms in total. The highest BCUT2D eigenvalue weighted by Crippen LogP contribution is 2.50. The smallest absolute Gasteiger partial charge is 0.252 e. The fourth-order valence-electron chi connectivity index (χ4n) is 4.12. The molecule has 2 aliphatic heterocycles. The van der Waals surface area contributed by atoms with Crippen LogP contribution < -0.4 is 10.2 Å². The maximum Gasteiger partial charge on any atom is 0.252 e. The molecule has 2 aromatic carbocycles. The number of terminal acetylenes is 1. The van der Waals surface area contributed by atoms with Crippen molar-refractivity contribution >= 4 is 29.0 Å². The minimum absolute atomic E-state index is 0.126. The van der Waals surface area contributed by atoms with Gasteiger partial charge in [-0.2, -0.15) is 0 Å². The van der Waals surface area contributed by atoms with Gasteiger partial charge in [0.1, 0.15) is 0 Å². The third kappa shape index (κ3) is 3.50. The van der Waals surface area contributed by atoms with E-state index in [1.54, 1.807) is 11.8 Å². The quantitative estimate of drug-likeness (QED) is 0.762. The average Bonchev–Trinajstić information content (AvgIpc) is 3.26. The minimum Gasteiger partial charge on any atom is -0.341 e. The van der Waals surface area contributed by atoms with E-state index in [2.05, 4.69) is 58.3 Å². The van der Waals surface area contributed by atoms with Crippen molar-refractivity contribution in [3.63, 3.8) is 0 Å². The molecule has 5 heteroatoms. The van der Waals surface area contributed by atoms with Crippen LogP contribution in [-0.4, -0.2) is 36.6 Å². The maximum absolute atomic E-state index is 12.5. The van der Waals surface area contributed by atoms with E-state index in [0.29, 0.717) is 5.56 Å². The van der Waals surface area contributed by atoms with Crippen LogP contribution in [-0.2, 0) is 0 Å². The first-order valence-corrected chi connectivity index (χ1v) is 10.7. The molecule has 2 aromatic rings. The summed E-state index contributed by atoms with van der Waals surface area (Å²) in [6.07, 6.45) is 9.10. The van der Waals surface area contributed by atoms with E-state index < -0.39 is 0 Å². The first kappa shape index (κ1) is 18.9. The van der Waals surface area contributed by atoms with Gasteiger partial charge >= 0.3 is 0 Å². The van der Waals surface area contributed by atoms with E-state index >= 15 is 0 Å². The van der Waals surface area contributed by atoms with E-state index in [1.165, 1.54) is 28.3 Å². The highest BCUT2D eigenvalue weighted by molar-refractivity contribution is 7.99. The van der Waals surface area contributed by atoms with E-state index in [-0.39, 0.29) is 18.6 Å². The highest BCUT2D eigenvalue weighted by atomic mass is 32.2. The number of amides is 1. The van der Waals surface area contributed by atoms with Crippen LogP contribution in [0.5, 0.6) is 0 Å². The first-order chi connectivity index (χ1) is 13.7. The Morgan fingerprint density at radius 2 is 1.93 bits per heavy atom. The number of para-hydroxylation sites is 1. The van der Waals surface area contributed by atoms with Crippen LogP contribution in [0.25, 0.3) is 0 Å². The number of nitrogens with one attached hydrogen (secondary N) is 1. The second-order valence-electron chi connectivity index (χ2n) is 7.14. The minimum atomic E-state index is -0.126. The van der Waals surface area contributed by atoms with Gasteiger partial charge < -0.3 is 10.2 Å². The van der Waals surface area contributed by atoms with Crippen molar-refractivity contribution in [1.29, 1.82) is 0 Å². The van der Waals surface area contributed by atoms with Crippen LogP contribution in [0.2, 0.25) is 0 Å². The van der Waals surface area contributed by atoms with E-state index in [0.717, 1.165) is 25.2 Å². The van der Waals surface area contributed by atoms with Crippen molar-refractivity contribution in [2.45, 2.75) is 42.1 Å². The van der Waals surface area contributed by atoms with Crippen LogP contribution in [0, 0.1) is 12.3 Å². The summed E-state index contributed by atoms with van der Waals surface area (Å²) in [4.78, 5) is 19.9. The van der Waals surface area contributed by atoms with Gasteiger partial charge in [0.05, 0.1) is 24.1 Å². The molecule has 2 heterocycles. The fourth-order valence-corrected chi connectivity index (χ4v) is 5.17. The Morgan fingerprint density at radius 1 is 1.18 bits per heavy atom. The Bertz CT molecular complexity index is 914. The molecule has 1 atom stereocenters. The number of nitrogens with zero attached hydrogens (tertiary/aromatic N) is 2. The summed E-state index contributed by atoms with van der Waals surface area (Å²) in [5, 5.41) is 2.78. The molecule has 1 fully saturated rings. The van der Waals surface area contributed by atoms with Gasteiger partial charge in [0.15, 0.2) is 0 Å². The van der Waals surface area contributed by atoms with E-state index in [1.807, 2.05) is 12.1 Å². The third-order valence-electron chi connectivity index (χ3n) is 5.40.